The Bertz CT molecular complexity index is 553. The van der Waals surface area contributed by atoms with E-state index in [1.54, 1.807) is 6.07 Å². The van der Waals surface area contributed by atoms with Gasteiger partial charge in [-0.05, 0) is 37.3 Å². The Hall–Kier alpha value is -2.11. The Kier molecular flexibility index (Phi) is 4.45. The zero-order valence-corrected chi connectivity index (χ0v) is 12.4. The fourth-order valence-corrected chi connectivity index (χ4v) is 2.51. The topological polar surface area (TPSA) is 84.3 Å². The van der Waals surface area contributed by atoms with Gasteiger partial charge in [0.2, 0.25) is 0 Å². The van der Waals surface area contributed by atoms with Gasteiger partial charge >= 0.3 is 0 Å². The van der Waals surface area contributed by atoms with E-state index in [0.29, 0.717) is 24.3 Å². The number of hydrogen-bond acceptors (Lipinski definition) is 4. The summed E-state index contributed by atoms with van der Waals surface area (Å²) in [5.41, 5.74) is 1.06. The van der Waals surface area contributed by atoms with Gasteiger partial charge in [0.05, 0.1) is 4.92 Å². The number of hydrogen-bond donors (Lipinski definition) is 2. The van der Waals surface area contributed by atoms with Crippen molar-refractivity contribution in [1.82, 2.24) is 5.32 Å². The van der Waals surface area contributed by atoms with Crippen molar-refractivity contribution in [2.75, 3.05) is 18.4 Å². The highest BCUT2D eigenvalue weighted by Gasteiger charge is 2.32. The summed E-state index contributed by atoms with van der Waals surface area (Å²) in [7, 11) is 0. The Morgan fingerprint density at radius 1 is 1.43 bits per heavy atom. The fourth-order valence-electron chi connectivity index (χ4n) is 2.51. The lowest BCUT2D eigenvalue weighted by Gasteiger charge is -2.38. The van der Waals surface area contributed by atoms with Gasteiger partial charge in [-0.15, -0.1) is 0 Å². The van der Waals surface area contributed by atoms with Gasteiger partial charge in [-0.1, -0.05) is 13.3 Å². The lowest BCUT2D eigenvalue weighted by molar-refractivity contribution is -0.384. The van der Waals surface area contributed by atoms with E-state index in [9.17, 15) is 14.9 Å². The molecule has 1 saturated carbocycles. The van der Waals surface area contributed by atoms with Crippen LogP contribution < -0.4 is 10.6 Å². The lowest BCUT2D eigenvalue weighted by Crippen LogP contribution is -2.33. The summed E-state index contributed by atoms with van der Waals surface area (Å²) in [6.45, 7) is 5.21. The van der Waals surface area contributed by atoms with Crippen molar-refractivity contribution in [3.63, 3.8) is 0 Å². The van der Waals surface area contributed by atoms with E-state index in [1.165, 1.54) is 18.6 Å². The maximum Gasteiger partial charge on any atom is 0.292 e. The first-order valence-corrected chi connectivity index (χ1v) is 7.26. The van der Waals surface area contributed by atoms with Crippen LogP contribution in [0.25, 0.3) is 0 Å². The van der Waals surface area contributed by atoms with E-state index in [2.05, 4.69) is 17.6 Å². The van der Waals surface area contributed by atoms with Crippen LogP contribution in [-0.2, 0) is 0 Å². The average Bonchev–Trinajstić information content (AvgIpc) is 2.42. The van der Waals surface area contributed by atoms with Crippen LogP contribution in [0.15, 0.2) is 18.2 Å². The van der Waals surface area contributed by atoms with Crippen LogP contribution in [0.2, 0.25) is 0 Å². The number of nitro groups is 1. The summed E-state index contributed by atoms with van der Waals surface area (Å²) in [6, 6.07) is 4.43. The van der Waals surface area contributed by atoms with Crippen LogP contribution in [-0.4, -0.2) is 23.9 Å². The molecule has 0 atom stereocenters. The minimum absolute atomic E-state index is 0.00553. The summed E-state index contributed by atoms with van der Waals surface area (Å²) in [4.78, 5) is 22.5. The fraction of sp³-hybridized carbons (Fsp3) is 0.533. The molecule has 1 aromatic carbocycles. The van der Waals surface area contributed by atoms with Gasteiger partial charge in [-0.25, -0.2) is 0 Å². The predicted octanol–water partition coefficient (Wildman–Crippen LogP) is 2.95. The molecule has 0 aliphatic heterocycles. The highest BCUT2D eigenvalue weighted by molar-refractivity contribution is 5.95. The molecule has 2 rings (SSSR count). The molecule has 0 unspecified atom stereocenters. The van der Waals surface area contributed by atoms with E-state index in [0.717, 1.165) is 12.8 Å². The minimum Gasteiger partial charge on any atom is -0.379 e. The Labute approximate surface area is 124 Å². The maximum atomic E-state index is 11.8. The first-order valence-electron chi connectivity index (χ1n) is 7.26. The van der Waals surface area contributed by atoms with Gasteiger partial charge in [0.1, 0.15) is 5.69 Å². The molecule has 0 heterocycles. The number of amides is 1. The standard InChI is InChI=1S/C15H21N3O3/c1-3-16-14(19)11-5-6-13(18(20)21)12(9-11)17-10-15(2)7-4-8-15/h5-6,9,17H,3-4,7-8,10H2,1-2H3,(H,16,19). The molecule has 6 nitrogen and oxygen atoms in total. The molecule has 1 fully saturated rings. The number of anilines is 1. The third kappa shape index (κ3) is 3.51. The van der Waals surface area contributed by atoms with Crippen LogP contribution in [0.1, 0.15) is 43.5 Å². The van der Waals surface area contributed by atoms with Gasteiger partial charge in [0.25, 0.3) is 11.6 Å². The molecule has 1 aromatic rings. The van der Waals surface area contributed by atoms with Crippen LogP contribution >= 0.6 is 0 Å². The molecule has 0 bridgehead atoms. The lowest BCUT2D eigenvalue weighted by atomic mass is 9.70. The normalized spacial score (nSPS) is 15.9. The summed E-state index contributed by atoms with van der Waals surface area (Å²) in [5.74, 6) is -0.217. The number of carbonyl (C=O) groups excluding carboxylic acids is 1. The van der Waals surface area contributed by atoms with Crippen molar-refractivity contribution in [3.05, 3.63) is 33.9 Å². The number of carbonyl (C=O) groups is 1. The van der Waals surface area contributed by atoms with Crippen LogP contribution in [0, 0.1) is 15.5 Å². The third-order valence-electron chi connectivity index (χ3n) is 4.06. The van der Waals surface area contributed by atoms with E-state index < -0.39 is 4.92 Å². The molecule has 0 spiro atoms. The van der Waals surface area contributed by atoms with Gasteiger partial charge in [0.15, 0.2) is 0 Å². The number of rotatable bonds is 6. The monoisotopic (exact) mass is 291 g/mol. The molecule has 1 aliphatic carbocycles. The van der Waals surface area contributed by atoms with E-state index >= 15 is 0 Å². The van der Waals surface area contributed by atoms with E-state index in [4.69, 9.17) is 0 Å². The molecular weight excluding hydrogens is 270 g/mol. The first-order chi connectivity index (χ1) is 9.95. The smallest absolute Gasteiger partial charge is 0.292 e. The van der Waals surface area contributed by atoms with Crippen molar-refractivity contribution >= 4 is 17.3 Å². The number of benzene rings is 1. The second-order valence-corrected chi connectivity index (χ2v) is 5.87. The molecule has 0 radical (unpaired) electrons. The third-order valence-corrected chi connectivity index (χ3v) is 4.06. The van der Waals surface area contributed by atoms with Crippen molar-refractivity contribution in [2.45, 2.75) is 33.1 Å². The minimum atomic E-state index is -0.424. The summed E-state index contributed by atoms with van der Waals surface area (Å²) in [6.07, 6.45) is 3.47. The van der Waals surface area contributed by atoms with Gasteiger partial charge in [0, 0.05) is 24.7 Å². The second-order valence-electron chi connectivity index (χ2n) is 5.87. The molecule has 114 valence electrons. The highest BCUT2D eigenvalue weighted by Crippen LogP contribution is 2.40. The zero-order valence-electron chi connectivity index (χ0n) is 12.4. The second kappa shape index (κ2) is 6.11. The Morgan fingerprint density at radius 2 is 2.14 bits per heavy atom. The summed E-state index contributed by atoms with van der Waals surface area (Å²) >= 11 is 0. The van der Waals surface area contributed by atoms with Crippen LogP contribution in [0.3, 0.4) is 0 Å². The average molecular weight is 291 g/mol. The first kappa shape index (κ1) is 15.3. The van der Waals surface area contributed by atoms with E-state index in [-0.39, 0.29) is 17.0 Å². The van der Waals surface area contributed by atoms with Gasteiger partial charge in [-0.3, -0.25) is 14.9 Å². The molecular formula is C15H21N3O3. The van der Waals surface area contributed by atoms with Crippen molar-refractivity contribution in [1.29, 1.82) is 0 Å². The van der Waals surface area contributed by atoms with Crippen LogP contribution in [0.5, 0.6) is 0 Å². The van der Waals surface area contributed by atoms with E-state index in [1.807, 2.05) is 6.92 Å². The van der Waals surface area contributed by atoms with Gasteiger partial charge in [-0.2, -0.15) is 0 Å². The highest BCUT2D eigenvalue weighted by atomic mass is 16.6. The Balaban J connectivity index is 2.20. The number of nitrogens with zero attached hydrogens (tertiary/aromatic N) is 1. The predicted molar refractivity (Wildman–Crippen MR) is 81.6 cm³/mol. The zero-order chi connectivity index (χ0) is 15.5. The molecule has 1 aliphatic rings. The van der Waals surface area contributed by atoms with Crippen molar-refractivity contribution in [3.8, 4) is 0 Å². The number of nitrogens with one attached hydrogen (secondary N) is 2. The largest absolute Gasteiger partial charge is 0.379 e. The molecule has 21 heavy (non-hydrogen) atoms. The van der Waals surface area contributed by atoms with Crippen molar-refractivity contribution < 1.29 is 9.72 Å². The maximum absolute atomic E-state index is 11.8. The van der Waals surface area contributed by atoms with Crippen molar-refractivity contribution in [2.24, 2.45) is 5.41 Å². The van der Waals surface area contributed by atoms with Crippen LogP contribution in [0.4, 0.5) is 11.4 Å². The summed E-state index contributed by atoms with van der Waals surface area (Å²) in [5, 5.41) is 17.0. The molecule has 6 heteroatoms. The molecule has 0 saturated heterocycles. The Morgan fingerprint density at radius 3 is 2.67 bits per heavy atom. The SMILES string of the molecule is CCNC(=O)c1ccc([N+](=O)[O-])c(NCC2(C)CCC2)c1. The molecule has 1 amide bonds. The quantitative estimate of drug-likeness (QED) is 0.623. The molecule has 0 aromatic heterocycles. The number of nitro benzene ring substituents is 1. The summed E-state index contributed by atoms with van der Waals surface area (Å²) < 4.78 is 0. The molecule has 2 N–H and O–H groups in total. The van der Waals surface area contributed by atoms with Gasteiger partial charge < -0.3 is 10.6 Å².